The second-order valence-electron chi connectivity index (χ2n) is 5.03. The highest BCUT2D eigenvalue weighted by atomic mass is 19.1. The SMILES string of the molecule is C=Nc1cc(Cc2ccc(F)cc2)ccc1NC/C(C)=N/N. The number of hydrogen-bond acceptors (Lipinski definition) is 4. The van der Waals surface area contributed by atoms with Gasteiger partial charge in [-0.05, 0) is 55.5 Å². The lowest BCUT2D eigenvalue weighted by Crippen LogP contribution is -2.12. The van der Waals surface area contributed by atoms with E-state index < -0.39 is 0 Å². The van der Waals surface area contributed by atoms with Gasteiger partial charge in [0.05, 0.1) is 23.6 Å². The van der Waals surface area contributed by atoms with Crippen molar-refractivity contribution in [3.05, 3.63) is 59.4 Å². The maximum absolute atomic E-state index is 12.9. The minimum Gasteiger partial charge on any atom is -0.378 e. The molecule has 0 fully saturated rings. The number of nitrogens with two attached hydrogens (primary N) is 1. The first-order valence-corrected chi connectivity index (χ1v) is 6.93. The minimum atomic E-state index is -0.228. The van der Waals surface area contributed by atoms with E-state index in [9.17, 15) is 4.39 Å². The van der Waals surface area contributed by atoms with Crippen molar-refractivity contribution in [1.29, 1.82) is 0 Å². The fraction of sp³-hybridized carbons (Fsp3) is 0.176. The van der Waals surface area contributed by atoms with Crippen LogP contribution in [0.15, 0.2) is 52.6 Å². The highest BCUT2D eigenvalue weighted by molar-refractivity contribution is 5.86. The van der Waals surface area contributed by atoms with Gasteiger partial charge >= 0.3 is 0 Å². The average molecular weight is 298 g/mol. The van der Waals surface area contributed by atoms with Gasteiger partial charge in [-0.1, -0.05) is 18.2 Å². The Bertz CT molecular complexity index is 678. The summed E-state index contributed by atoms with van der Waals surface area (Å²) in [4.78, 5) is 4.05. The normalized spacial score (nSPS) is 11.3. The lowest BCUT2D eigenvalue weighted by Gasteiger charge is -2.11. The zero-order valence-corrected chi connectivity index (χ0v) is 12.5. The minimum absolute atomic E-state index is 0.228. The van der Waals surface area contributed by atoms with E-state index in [4.69, 9.17) is 5.84 Å². The molecule has 3 N–H and O–H groups in total. The molecule has 114 valence electrons. The Hall–Kier alpha value is -2.69. The van der Waals surface area contributed by atoms with Crippen LogP contribution in [0.1, 0.15) is 18.1 Å². The van der Waals surface area contributed by atoms with E-state index in [0.29, 0.717) is 13.0 Å². The molecule has 0 aliphatic carbocycles. The fourth-order valence-corrected chi connectivity index (χ4v) is 2.07. The van der Waals surface area contributed by atoms with Crippen LogP contribution in [0.2, 0.25) is 0 Å². The molecular weight excluding hydrogens is 279 g/mol. The summed E-state index contributed by atoms with van der Waals surface area (Å²) in [5.41, 5.74) is 4.57. The van der Waals surface area contributed by atoms with Gasteiger partial charge in [0.25, 0.3) is 0 Å². The van der Waals surface area contributed by atoms with Crippen LogP contribution in [0.5, 0.6) is 0 Å². The van der Waals surface area contributed by atoms with Crippen LogP contribution in [0.3, 0.4) is 0 Å². The highest BCUT2D eigenvalue weighted by Crippen LogP contribution is 2.26. The maximum atomic E-state index is 12.9. The Kier molecular flexibility index (Phi) is 5.25. The number of rotatable bonds is 6. The summed E-state index contributed by atoms with van der Waals surface area (Å²) in [6, 6.07) is 12.4. The molecule has 22 heavy (non-hydrogen) atoms. The Labute approximate surface area is 129 Å². The molecule has 4 nitrogen and oxygen atoms in total. The molecule has 0 heterocycles. The van der Waals surface area contributed by atoms with Crippen molar-refractivity contribution in [2.45, 2.75) is 13.3 Å². The van der Waals surface area contributed by atoms with Crippen LogP contribution in [0.4, 0.5) is 15.8 Å². The standard InChI is InChI=1S/C17H19FN4/c1-12(22-19)11-21-16-8-5-14(10-17(16)20-2)9-13-3-6-15(18)7-4-13/h3-8,10,21H,2,9,11,19H2,1H3/b22-12+. The number of hydrogen-bond donors (Lipinski definition) is 2. The Morgan fingerprint density at radius 1 is 1.18 bits per heavy atom. The van der Waals surface area contributed by atoms with E-state index in [1.54, 1.807) is 12.1 Å². The van der Waals surface area contributed by atoms with Crippen LogP contribution < -0.4 is 11.2 Å². The second kappa shape index (κ2) is 7.36. The molecule has 0 aliphatic rings. The summed E-state index contributed by atoms with van der Waals surface area (Å²) in [7, 11) is 0. The number of anilines is 1. The molecule has 0 saturated carbocycles. The molecule has 0 aromatic heterocycles. The van der Waals surface area contributed by atoms with Crippen LogP contribution in [0.25, 0.3) is 0 Å². The zero-order chi connectivity index (χ0) is 15.9. The first-order valence-electron chi connectivity index (χ1n) is 6.93. The van der Waals surface area contributed by atoms with Gasteiger partial charge in [0.1, 0.15) is 5.82 Å². The van der Waals surface area contributed by atoms with Crippen molar-refractivity contribution < 1.29 is 4.39 Å². The van der Waals surface area contributed by atoms with Gasteiger partial charge < -0.3 is 11.2 Å². The number of aliphatic imine (C=N–C) groups is 1. The molecule has 2 aromatic rings. The fourth-order valence-electron chi connectivity index (χ4n) is 2.07. The molecule has 0 amide bonds. The van der Waals surface area contributed by atoms with Gasteiger partial charge in [0, 0.05) is 0 Å². The summed E-state index contributed by atoms with van der Waals surface area (Å²) in [5, 5.41) is 6.84. The first-order chi connectivity index (χ1) is 10.6. The zero-order valence-electron chi connectivity index (χ0n) is 12.5. The van der Waals surface area contributed by atoms with Crippen LogP contribution in [-0.2, 0) is 6.42 Å². The summed E-state index contributed by atoms with van der Waals surface area (Å²) < 4.78 is 12.9. The van der Waals surface area contributed by atoms with Gasteiger partial charge in [-0.2, -0.15) is 5.10 Å². The predicted molar refractivity (Wildman–Crippen MR) is 90.6 cm³/mol. The van der Waals surface area contributed by atoms with Crippen molar-refractivity contribution >= 4 is 23.8 Å². The molecule has 0 bridgehead atoms. The Morgan fingerprint density at radius 2 is 1.86 bits per heavy atom. The van der Waals surface area contributed by atoms with E-state index in [0.717, 1.165) is 28.2 Å². The van der Waals surface area contributed by atoms with E-state index in [-0.39, 0.29) is 5.82 Å². The van der Waals surface area contributed by atoms with Crippen molar-refractivity contribution in [2.24, 2.45) is 15.9 Å². The van der Waals surface area contributed by atoms with Gasteiger partial charge in [-0.15, -0.1) is 0 Å². The highest BCUT2D eigenvalue weighted by Gasteiger charge is 2.04. The number of benzene rings is 2. The van der Waals surface area contributed by atoms with Gasteiger partial charge in [0.2, 0.25) is 0 Å². The molecule has 0 atom stereocenters. The third-order valence-corrected chi connectivity index (χ3v) is 3.31. The van der Waals surface area contributed by atoms with Crippen molar-refractivity contribution in [1.82, 2.24) is 0 Å². The second-order valence-corrected chi connectivity index (χ2v) is 5.03. The molecule has 0 aliphatic heterocycles. The molecule has 2 aromatic carbocycles. The van der Waals surface area contributed by atoms with Crippen LogP contribution in [0, 0.1) is 5.82 Å². The number of halogens is 1. The van der Waals surface area contributed by atoms with Crippen LogP contribution in [-0.4, -0.2) is 19.0 Å². The molecule has 2 rings (SSSR count). The summed E-state index contributed by atoms with van der Waals surface area (Å²) in [5.74, 6) is 4.98. The smallest absolute Gasteiger partial charge is 0.123 e. The van der Waals surface area contributed by atoms with Gasteiger partial charge in [-0.3, -0.25) is 4.99 Å². The quantitative estimate of drug-likeness (QED) is 0.487. The van der Waals surface area contributed by atoms with Crippen molar-refractivity contribution in [2.75, 3.05) is 11.9 Å². The topological polar surface area (TPSA) is 62.8 Å². The molecule has 0 spiro atoms. The van der Waals surface area contributed by atoms with Crippen molar-refractivity contribution in [3.8, 4) is 0 Å². The van der Waals surface area contributed by atoms with E-state index in [1.807, 2.05) is 25.1 Å². The van der Waals surface area contributed by atoms with Gasteiger partial charge in [-0.25, -0.2) is 4.39 Å². The summed E-state index contributed by atoms with van der Waals surface area (Å²) in [6.45, 7) is 6.00. The molecule has 0 unspecified atom stereocenters. The summed E-state index contributed by atoms with van der Waals surface area (Å²) in [6.07, 6.45) is 0.715. The van der Waals surface area contributed by atoms with E-state index >= 15 is 0 Å². The predicted octanol–water partition coefficient (Wildman–Crippen LogP) is 3.50. The number of nitrogens with zero attached hydrogens (tertiary/aromatic N) is 2. The third kappa shape index (κ3) is 4.15. The van der Waals surface area contributed by atoms with E-state index in [1.165, 1.54) is 12.1 Å². The third-order valence-electron chi connectivity index (χ3n) is 3.31. The lowest BCUT2D eigenvalue weighted by molar-refractivity contribution is 0.627. The Balaban J connectivity index is 2.14. The van der Waals surface area contributed by atoms with Crippen molar-refractivity contribution in [3.63, 3.8) is 0 Å². The largest absolute Gasteiger partial charge is 0.378 e. The molecular formula is C17H19FN4. The molecule has 0 radical (unpaired) electrons. The molecule has 0 saturated heterocycles. The lowest BCUT2D eigenvalue weighted by atomic mass is 10.0. The monoisotopic (exact) mass is 298 g/mol. The van der Waals surface area contributed by atoms with Gasteiger partial charge in [0.15, 0.2) is 0 Å². The van der Waals surface area contributed by atoms with Crippen LogP contribution >= 0.6 is 0 Å². The Morgan fingerprint density at radius 3 is 2.50 bits per heavy atom. The van der Waals surface area contributed by atoms with E-state index in [2.05, 4.69) is 22.1 Å². The maximum Gasteiger partial charge on any atom is 0.123 e. The summed E-state index contributed by atoms with van der Waals surface area (Å²) >= 11 is 0. The first kappa shape index (κ1) is 15.7. The number of hydrazone groups is 1. The molecule has 5 heteroatoms. The average Bonchev–Trinajstić information content (AvgIpc) is 2.55. The number of nitrogens with one attached hydrogen (secondary N) is 1.